The second-order valence-electron chi connectivity index (χ2n) is 36.5. The van der Waals surface area contributed by atoms with Crippen molar-refractivity contribution in [3.8, 4) is 0 Å². The molecule has 15 amide bonds. The predicted molar refractivity (Wildman–Crippen MR) is 522 cm³/mol. The van der Waals surface area contributed by atoms with Crippen LogP contribution in [-0.2, 0) is 106 Å². The smallest absolute Gasteiger partial charge is 0.312 e. The summed E-state index contributed by atoms with van der Waals surface area (Å²) in [6.45, 7) is 29.4. The Balaban J connectivity index is 0.000000998. The molecule has 36 nitrogen and oxygen atoms in total. The summed E-state index contributed by atoms with van der Waals surface area (Å²) in [7, 11) is 0. The summed E-state index contributed by atoms with van der Waals surface area (Å²) in [6, 6.07) is 16.2. The van der Waals surface area contributed by atoms with E-state index in [9.17, 15) is 86.3 Å². The third kappa shape index (κ3) is 55.8. The number of unbranched alkanes of at least 4 members (excludes halogenated alkanes) is 4. The molecule has 6 atom stereocenters. The topological polar surface area (TPSA) is 557 Å². The molecule has 18 N–H and O–H groups in total. The molecule has 744 valence electrons. The van der Waals surface area contributed by atoms with Crippen LogP contribution >= 0.6 is 50.1 Å². The highest BCUT2D eigenvalue weighted by atomic mass is 127. The molecule has 0 heterocycles. The molecule has 3 aromatic rings. The number of Topliss-reactive ketones (excluding diaryl/α,β-unsaturated/α-hetero) is 3. The molecule has 0 aliphatic carbocycles. The van der Waals surface area contributed by atoms with E-state index in [0.29, 0.717) is 112 Å². The second-order valence-corrected chi connectivity index (χ2v) is 38.1. The Hall–Kier alpha value is -10.4. The van der Waals surface area contributed by atoms with Gasteiger partial charge < -0.3 is 95.2 Å². The first-order chi connectivity index (χ1) is 62.4. The van der Waals surface area contributed by atoms with Crippen LogP contribution in [0.3, 0.4) is 0 Å². The number of hydrogen-bond acceptors (Lipinski definition) is 21. The van der Waals surface area contributed by atoms with E-state index in [2.05, 4.69) is 79.7 Å². The molecular weight excluding hydrogens is 1920 g/mol. The number of benzene rings is 3. The van der Waals surface area contributed by atoms with Crippen LogP contribution in [-0.4, -0.2) is 180 Å². The number of esters is 3. The number of carbonyl (C=O) groups excluding carboxylic acids is 18. The maximum atomic E-state index is 13.4. The van der Waals surface area contributed by atoms with Gasteiger partial charge in [0.15, 0.2) is 17.3 Å². The van der Waals surface area contributed by atoms with Gasteiger partial charge in [0.2, 0.25) is 53.2 Å². The Bertz CT molecular complexity index is 4040. The van der Waals surface area contributed by atoms with E-state index in [1.807, 2.05) is 64.1 Å². The van der Waals surface area contributed by atoms with Gasteiger partial charge in [-0.3, -0.25) is 71.9 Å². The number of nitrogens with two attached hydrogens (primary N) is 3. The highest BCUT2D eigenvalue weighted by Crippen LogP contribution is 2.27. The molecular formula is C94H146BrClIN15O21. The lowest BCUT2D eigenvalue weighted by Crippen LogP contribution is -2.45. The predicted octanol–water partition coefficient (Wildman–Crippen LogP) is 11.0. The minimum absolute atomic E-state index is 0.0552. The number of nitrogens with one attached hydrogen (secondary N) is 12. The normalized spacial score (nSPS) is 12.5. The Morgan fingerprint density at radius 1 is 0.346 bits per heavy atom. The number of amides is 15. The van der Waals surface area contributed by atoms with Crippen molar-refractivity contribution in [1.82, 2.24) is 47.9 Å². The number of ketones is 3. The molecule has 3 aromatic carbocycles. The number of rotatable bonds is 58. The second kappa shape index (κ2) is 65.3. The molecule has 0 unspecified atom stereocenters. The first-order valence-corrected chi connectivity index (χ1v) is 48.3. The van der Waals surface area contributed by atoms with Crippen molar-refractivity contribution in [3.63, 3.8) is 0 Å². The van der Waals surface area contributed by atoms with Crippen LogP contribution in [0.15, 0.2) is 72.8 Å². The Morgan fingerprint density at radius 2 is 0.594 bits per heavy atom. The number of primary amides is 3. The summed E-state index contributed by atoms with van der Waals surface area (Å²) in [5, 5.41) is 32.9. The third-order valence-electron chi connectivity index (χ3n) is 20.2. The number of ether oxygens (including phenoxy) is 3. The van der Waals surface area contributed by atoms with Crippen LogP contribution in [0.25, 0.3) is 0 Å². The average Bonchev–Trinajstić information content (AvgIpc) is 0.871. The number of alkyl halides is 3. The molecule has 0 spiro atoms. The van der Waals surface area contributed by atoms with Crippen molar-refractivity contribution < 1.29 is 101 Å². The van der Waals surface area contributed by atoms with E-state index in [1.54, 1.807) is 135 Å². The van der Waals surface area contributed by atoms with Crippen LogP contribution in [0.1, 0.15) is 243 Å². The zero-order valence-corrected chi connectivity index (χ0v) is 84.5. The van der Waals surface area contributed by atoms with Crippen molar-refractivity contribution in [3.05, 3.63) is 89.5 Å². The standard InChI is InChI=1S/C32H50BrN5O7.C31H48ClN5O7.C31H48IN5O7/c1-21(2)28(38-26(40)11-7-6-8-16-35-27(41)19-33)25(39)18-23(10-9-17-36-31(34)44)29(42)37-24-14-12-22(13-15-24)20-45-30(43)32(3,4)5;2*1-20(2)27(37-25(39)10-6-7-15-34-26(40)18-32)24(38)17-22(9-8-16-35-30(33)43)28(41)36-23-13-11-21(12-14-23)19-44-29(42)31(3,4)5/h12-15,21,23,28H,6-11,16-20H2,1-5H3,(H,35,41)(H,37,42)(H,38,40)(H3,34,36,44);2*11-14,20,22,27H,6-10,15-19H2,1-5H3,(H,34,40)(H,36,41)(H,37,39)(H3,33,35,43)/t23-,28+;2*22-,27+/m000/s1. The summed E-state index contributed by atoms with van der Waals surface area (Å²) in [5.74, 6) is -6.97. The summed E-state index contributed by atoms with van der Waals surface area (Å²) in [5.41, 5.74) is 17.4. The van der Waals surface area contributed by atoms with Crippen LogP contribution in [0.4, 0.5) is 31.4 Å². The minimum Gasteiger partial charge on any atom is -0.460 e. The Morgan fingerprint density at radius 3 is 0.835 bits per heavy atom. The maximum Gasteiger partial charge on any atom is 0.312 e. The third-order valence-corrected chi connectivity index (χ3v) is 21.7. The molecule has 0 radical (unpaired) electrons. The van der Waals surface area contributed by atoms with E-state index in [1.165, 1.54) is 0 Å². The lowest BCUT2D eigenvalue weighted by atomic mass is 9.89. The van der Waals surface area contributed by atoms with Gasteiger partial charge in [-0.2, -0.15) is 0 Å². The SMILES string of the molecule is CC(C)[C@@H](NC(=O)CCCCCNC(=O)CBr)C(=O)C[C@H](CCCNC(N)=O)C(=O)Nc1ccc(COC(=O)C(C)(C)C)cc1.CC(C)[C@@H](NC(=O)CCCCNC(=O)CCl)C(=O)C[C@H](CCCNC(N)=O)C(=O)Nc1ccc(COC(=O)C(C)(C)C)cc1.CC(C)[C@@H](NC(=O)CCCCNC(=O)CI)C(=O)C[C@H](CCCNC(N)=O)C(=O)Nc1ccc(COC(=O)C(C)(C)C)cc1. The van der Waals surface area contributed by atoms with Crippen LogP contribution in [0.5, 0.6) is 0 Å². The van der Waals surface area contributed by atoms with Gasteiger partial charge in [0.05, 0.1) is 44.1 Å². The van der Waals surface area contributed by atoms with Gasteiger partial charge in [-0.1, -0.05) is 123 Å². The van der Waals surface area contributed by atoms with Crippen LogP contribution in [0, 0.1) is 51.8 Å². The van der Waals surface area contributed by atoms with Gasteiger partial charge in [-0.25, -0.2) is 14.4 Å². The highest BCUT2D eigenvalue weighted by molar-refractivity contribution is 14.1. The van der Waals surface area contributed by atoms with E-state index < -0.39 is 70.2 Å². The van der Waals surface area contributed by atoms with E-state index in [4.69, 9.17) is 43.0 Å². The monoisotopic (exact) mass is 2060 g/mol. The van der Waals surface area contributed by atoms with E-state index in [0.717, 1.165) is 29.5 Å². The molecule has 133 heavy (non-hydrogen) atoms. The molecule has 3 rings (SSSR count). The van der Waals surface area contributed by atoms with Crippen molar-refractivity contribution in [2.45, 2.75) is 264 Å². The van der Waals surface area contributed by atoms with Gasteiger partial charge in [0.1, 0.15) is 25.7 Å². The zero-order chi connectivity index (χ0) is 101. The summed E-state index contributed by atoms with van der Waals surface area (Å²) in [4.78, 5) is 221. The fourth-order valence-corrected chi connectivity index (χ4v) is 13.0. The quantitative estimate of drug-likeness (QED) is 0.00820. The molecule has 0 aliphatic rings. The lowest BCUT2D eigenvalue weighted by Gasteiger charge is -2.24. The minimum atomic E-state index is -0.785. The van der Waals surface area contributed by atoms with E-state index >= 15 is 0 Å². The fourth-order valence-electron chi connectivity index (χ4n) is 12.5. The van der Waals surface area contributed by atoms with Gasteiger partial charge in [-0.15, -0.1) is 11.6 Å². The highest BCUT2D eigenvalue weighted by Gasteiger charge is 2.34. The first-order valence-electron chi connectivity index (χ1n) is 45.2. The molecule has 0 aromatic heterocycles. The van der Waals surface area contributed by atoms with Crippen LogP contribution < -0.4 is 81.0 Å². The fraction of sp³-hybridized carbons (Fsp3) is 0.617. The van der Waals surface area contributed by atoms with Crippen molar-refractivity contribution in [1.29, 1.82) is 0 Å². The summed E-state index contributed by atoms with van der Waals surface area (Å²) >= 11 is 10.5. The van der Waals surface area contributed by atoms with Crippen molar-refractivity contribution in [2.24, 2.45) is 69.0 Å². The molecule has 0 saturated carbocycles. The lowest BCUT2D eigenvalue weighted by molar-refractivity contribution is -0.155. The molecule has 0 aliphatic heterocycles. The first kappa shape index (κ1) is 121. The Kier molecular flexibility index (Phi) is 59.2. The average molecular weight is 2060 g/mol. The van der Waals surface area contributed by atoms with Crippen molar-refractivity contribution in [2.75, 3.05) is 70.9 Å². The van der Waals surface area contributed by atoms with E-state index in [-0.39, 0.29) is 195 Å². The van der Waals surface area contributed by atoms with Gasteiger partial charge in [0, 0.05) is 113 Å². The van der Waals surface area contributed by atoms with Gasteiger partial charge in [-0.05, 0) is 210 Å². The molecule has 0 fully saturated rings. The van der Waals surface area contributed by atoms with Gasteiger partial charge in [0.25, 0.3) is 0 Å². The number of urea groups is 3. The van der Waals surface area contributed by atoms with Crippen molar-refractivity contribution >= 4 is 174 Å². The molecule has 0 saturated heterocycles. The maximum absolute atomic E-state index is 13.4. The molecule has 39 heteroatoms. The summed E-state index contributed by atoms with van der Waals surface area (Å²) in [6.07, 6.45) is 6.89. The number of anilines is 3. The number of carbonyl (C=O) groups is 18. The summed E-state index contributed by atoms with van der Waals surface area (Å²) < 4.78 is 16.4. The van der Waals surface area contributed by atoms with Gasteiger partial charge >= 0.3 is 36.0 Å². The zero-order valence-electron chi connectivity index (χ0n) is 80.0. The number of hydrogen-bond donors (Lipinski definition) is 15. The van der Waals surface area contributed by atoms with Crippen LogP contribution in [0.2, 0.25) is 0 Å². The largest absolute Gasteiger partial charge is 0.460 e. The number of halogens is 3. The molecule has 0 bridgehead atoms. The Labute approximate surface area is 810 Å².